The Bertz CT molecular complexity index is 703. The molecule has 0 aliphatic carbocycles. The van der Waals surface area contributed by atoms with Gasteiger partial charge in [-0.3, -0.25) is 4.99 Å². The molecule has 1 aliphatic rings. The normalized spacial score (nSPS) is 28.8. The van der Waals surface area contributed by atoms with Crippen LogP contribution in [0.1, 0.15) is 12.5 Å². The molecule has 2 rings (SSSR count). The molecule has 1 saturated heterocycles. The zero-order valence-electron chi connectivity index (χ0n) is 15.6. The van der Waals surface area contributed by atoms with E-state index < -0.39 is 36.7 Å². The lowest BCUT2D eigenvalue weighted by atomic mass is 9.99. The maximum atomic E-state index is 12.2. The predicted octanol–water partition coefficient (Wildman–Crippen LogP) is 0.0436. The fourth-order valence-electron chi connectivity index (χ4n) is 2.68. The highest BCUT2D eigenvalue weighted by atomic mass is 16.7. The van der Waals surface area contributed by atoms with Gasteiger partial charge in [0.2, 0.25) is 0 Å². The number of carbonyl (C=O) groups excluding carboxylic acids is 1. The van der Waals surface area contributed by atoms with Gasteiger partial charge in [-0.1, -0.05) is 30.3 Å². The SMILES string of the molecule is CCOC(=O)/C(C=NCC1OC(OC)C(O)C(O)C1O)=C(\O)c1ccccc1. The van der Waals surface area contributed by atoms with Crippen molar-refractivity contribution in [2.75, 3.05) is 20.3 Å². The van der Waals surface area contributed by atoms with E-state index in [1.807, 2.05) is 0 Å². The quantitative estimate of drug-likeness (QED) is 0.220. The van der Waals surface area contributed by atoms with Crippen LogP contribution in [0.15, 0.2) is 40.9 Å². The fourth-order valence-corrected chi connectivity index (χ4v) is 2.68. The number of methoxy groups -OCH3 is 1. The number of ether oxygens (including phenoxy) is 3. The van der Waals surface area contributed by atoms with E-state index >= 15 is 0 Å². The molecule has 0 bridgehead atoms. The summed E-state index contributed by atoms with van der Waals surface area (Å²) in [6.07, 6.45) is -5.28. The van der Waals surface area contributed by atoms with Gasteiger partial charge in [0.25, 0.3) is 0 Å². The summed E-state index contributed by atoms with van der Waals surface area (Å²) in [5.74, 6) is -1.07. The van der Waals surface area contributed by atoms with Gasteiger partial charge >= 0.3 is 5.97 Å². The number of benzene rings is 1. The van der Waals surface area contributed by atoms with Crippen LogP contribution in [0.4, 0.5) is 0 Å². The van der Waals surface area contributed by atoms with Crippen LogP contribution in [-0.2, 0) is 19.0 Å². The summed E-state index contributed by atoms with van der Waals surface area (Å²) in [5.41, 5.74) is 0.242. The Morgan fingerprint density at radius 1 is 1.18 bits per heavy atom. The minimum absolute atomic E-state index is 0.113. The molecule has 0 spiro atoms. The highest BCUT2D eigenvalue weighted by molar-refractivity contribution is 6.15. The summed E-state index contributed by atoms with van der Waals surface area (Å²) in [5, 5.41) is 40.1. The van der Waals surface area contributed by atoms with E-state index in [9.17, 15) is 25.2 Å². The van der Waals surface area contributed by atoms with Crippen LogP contribution >= 0.6 is 0 Å². The first-order valence-corrected chi connectivity index (χ1v) is 8.78. The van der Waals surface area contributed by atoms with E-state index in [4.69, 9.17) is 14.2 Å². The number of carbonyl (C=O) groups is 1. The fraction of sp³-hybridized carbons (Fsp3) is 0.474. The minimum atomic E-state index is -1.48. The topological polar surface area (TPSA) is 138 Å². The van der Waals surface area contributed by atoms with Gasteiger partial charge in [-0.2, -0.15) is 0 Å². The molecular formula is C19H25NO8. The molecule has 1 fully saturated rings. The molecule has 154 valence electrons. The van der Waals surface area contributed by atoms with E-state index in [1.54, 1.807) is 37.3 Å². The van der Waals surface area contributed by atoms with Gasteiger partial charge in [-0.15, -0.1) is 0 Å². The van der Waals surface area contributed by atoms with Crippen LogP contribution in [0, 0.1) is 0 Å². The molecule has 1 aliphatic heterocycles. The third-order valence-electron chi connectivity index (χ3n) is 4.20. The third kappa shape index (κ3) is 5.15. The number of hydrogen-bond acceptors (Lipinski definition) is 9. The number of hydrogen-bond donors (Lipinski definition) is 4. The number of aliphatic hydroxyl groups is 4. The standard InChI is InChI=1S/C19H25NO8/c1-3-27-18(25)12(14(21)11-7-5-4-6-8-11)9-20-10-13-15(22)16(23)17(24)19(26-2)28-13/h4-9,13,15-17,19,21-24H,3,10H2,1-2H3/b14-12-,20-9?. The van der Waals surface area contributed by atoms with Crippen LogP contribution in [0.3, 0.4) is 0 Å². The summed E-state index contributed by atoms with van der Waals surface area (Å²) in [6, 6.07) is 8.42. The number of nitrogens with zero attached hydrogens (tertiary/aromatic N) is 1. The molecule has 0 saturated carbocycles. The highest BCUT2D eigenvalue weighted by Gasteiger charge is 2.43. The summed E-state index contributed by atoms with van der Waals surface area (Å²) < 4.78 is 15.3. The van der Waals surface area contributed by atoms with Crippen molar-refractivity contribution in [3.05, 3.63) is 41.5 Å². The maximum absolute atomic E-state index is 12.2. The van der Waals surface area contributed by atoms with Crippen molar-refractivity contribution in [1.82, 2.24) is 0 Å². The molecule has 1 aromatic rings. The van der Waals surface area contributed by atoms with Gasteiger partial charge in [0.15, 0.2) is 6.29 Å². The first-order valence-electron chi connectivity index (χ1n) is 8.78. The van der Waals surface area contributed by atoms with Gasteiger partial charge in [-0.05, 0) is 6.92 Å². The lowest BCUT2D eigenvalue weighted by Gasteiger charge is -2.39. The average Bonchev–Trinajstić information content (AvgIpc) is 2.71. The lowest BCUT2D eigenvalue weighted by Crippen LogP contribution is -2.58. The van der Waals surface area contributed by atoms with E-state index in [1.165, 1.54) is 7.11 Å². The zero-order valence-corrected chi connectivity index (χ0v) is 15.6. The first-order chi connectivity index (χ1) is 13.4. The van der Waals surface area contributed by atoms with Crippen LogP contribution in [-0.4, -0.2) is 83.6 Å². The van der Waals surface area contributed by atoms with Gasteiger partial charge in [-0.25, -0.2) is 4.79 Å². The summed E-state index contributed by atoms with van der Waals surface area (Å²) in [4.78, 5) is 16.2. The van der Waals surface area contributed by atoms with Crippen LogP contribution in [0.2, 0.25) is 0 Å². The smallest absolute Gasteiger partial charge is 0.343 e. The Kier molecular flexibility index (Phi) is 8.09. The van der Waals surface area contributed by atoms with E-state index in [0.717, 1.165) is 6.21 Å². The Morgan fingerprint density at radius 2 is 1.86 bits per heavy atom. The summed E-state index contributed by atoms with van der Waals surface area (Å²) in [6.45, 7) is 1.59. The summed E-state index contributed by atoms with van der Waals surface area (Å²) in [7, 11) is 1.29. The van der Waals surface area contributed by atoms with Crippen molar-refractivity contribution in [3.63, 3.8) is 0 Å². The molecule has 1 aromatic carbocycles. The largest absolute Gasteiger partial charge is 0.506 e. The number of rotatable bonds is 7. The highest BCUT2D eigenvalue weighted by Crippen LogP contribution is 2.22. The molecule has 28 heavy (non-hydrogen) atoms. The molecule has 5 atom stereocenters. The molecule has 4 N–H and O–H groups in total. The first kappa shape index (κ1) is 22.0. The number of esters is 1. The predicted molar refractivity (Wildman–Crippen MR) is 99.7 cm³/mol. The van der Waals surface area contributed by atoms with Crippen molar-refractivity contribution in [2.24, 2.45) is 4.99 Å². The zero-order chi connectivity index (χ0) is 20.7. The number of aliphatic imine (C=N–C) groups is 1. The molecular weight excluding hydrogens is 370 g/mol. The minimum Gasteiger partial charge on any atom is -0.506 e. The second kappa shape index (κ2) is 10.3. The van der Waals surface area contributed by atoms with Crippen LogP contribution in [0.5, 0.6) is 0 Å². The van der Waals surface area contributed by atoms with E-state index in [-0.39, 0.29) is 24.5 Å². The van der Waals surface area contributed by atoms with Crippen molar-refractivity contribution in [3.8, 4) is 0 Å². The maximum Gasteiger partial charge on any atom is 0.343 e. The molecule has 1 heterocycles. The average molecular weight is 395 g/mol. The Labute approximate surface area is 162 Å². The molecule has 9 heteroatoms. The summed E-state index contributed by atoms with van der Waals surface area (Å²) >= 11 is 0. The molecule has 5 unspecified atom stereocenters. The molecule has 9 nitrogen and oxygen atoms in total. The molecule has 0 aromatic heterocycles. The van der Waals surface area contributed by atoms with Gasteiger partial charge in [0.1, 0.15) is 35.7 Å². The monoisotopic (exact) mass is 395 g/mol. The van der Waals surface area contributed by atoms with E-state index in [0.29, 0.717) is 5.56 Å². The Hall–Kier alpha value is -2.30. The van der Waals surface area contributed by atoms with Crippen molar-refractivity contribution in [2.45, 2.75) is 37.6 Å². The third-order valence-corrected chi connectivity index (χ3v) is 4.20. The Morgan fingerprint density at radius 3 is 2.46 bits per heavy atom. The lowest BCUT2D eigenvalue weighted by molar-refractivity contribution is -0.287. The van der Waals surface area contributed by atoms with Gasteiger partial charge in [0, 0.05) is 18.9 Å². The molecule has 0 radical (unpaired) electrons. The second-order valence-corrected chi connectivity index (χ2v) is 6.09. The van der Waals surface area contributed by atoms with Crippen molar-refractivity contribution < 1.29 is 39.4 Å². The van der Waals surface area contributed by atoms with Crippen molar-refractivity contribution >= 4 is 17.9 Å². The van der Waals surface area contributed by atoms with Gasteiger partial charge in [0.05, 0.1) is 13.2 Å². The van der Waals surface area contributed by atoms with E-state index in [2.05, 4.69) is 4.99 Å². The van der Waals surface area contributed by atoms with Crippen LogP contribution < -0.4 is 0 Å². The second-order valence-electron chi connectivity index (χ2n) is 6.09. The molecule has 0 amide bonds. The van der Waals surface area contributed by atoms with Crippen LogP contribution in [0.25, 0.3) is 5.76 Å². The Balaban J connectivity index is 2.20. The number of aliphatic hydroxyl groups excluding tert-OH is 4. The van der Waals surface area contributed by atoms with Crippen molar-refractivity contribution in [1.29, 1.82) is 0 Å². The van der Waals surface area contributed by atoms with Gasteiger partial charge < -0.3 is 34.6 Å².